The minimum Gasteiger partial charge on any atom is -0.475 e. The number of aromatic nitrogens is 2. The zero-order chi connectivity index (χ0) is 16.7. The maximum atomic E-state index is 13.3. The Kier molecular flexibility index (Phi) is 3.47. The highest BCUT2D eigenvalue weighted by Gasteiger charge is 2.31. The number of H-pyrrole nitrogens is 1. The van der Waals surface area contributed by atoms with Crippen molar-refractivity contribution in [3.8, 4) is 0 Å². The van der Waals surface area contributed by atoms with Gasteiger partial charge in [0, 0.05) is 13.6 Å². The first kappa shape index (κ1) is 14.9. The van der Waals surface area contributed by atoms with Crippen LogP contribution in [0.2, 0.25) is 0 Å². The topological polar surface area (TPSA) is 89.5 Å². The predicted octanol–water partition coefficient (Wildman–Crippen LogP) is 1.96. The lowest BCUT2D eigenvalue weighted by atomic mass is 10.2. The van der Waals surface area contributed by atoms with E-state index in [9.17, 15) is 18.4 Å². The van der Waals surface area contributed by atoms with Gasteiger partial charge >= 0.3 is 12.0 Å². The van der Waals surface area contributed by atoms with Crippen LogP contribution >= 0.6 is 0 Å². The van der Waals surface area contributed by atoms with Gasteiger partial charge in [0.1, 0.15) is 11.5 Å². The first-order chi connectivity index (χ1) is 10.9. The second kappa shape index (κ2) is 5.34. The molecule has 0 unspecified atom stereocenters. The molecule has 7 nitrogen and oxygen atoms in total. The number of halogens is 2. The molecule has 0 spiro atoms. The number of hydrogen-bond donors (Lipinski definition) is 2. The van der Waals surface area contributed by atoms with E-state index >= 15 is 0 Å². The first-order valence-corrected chi connectivity index (χ1v) is 6.65. The molecule has 120 valence electrons. The van der Waals surface area contributed by atoms with Crippen LogP contribution in [0.25, 0.3) is 0 Å². The standard InChI is InChI=1S/C14H12F2N4O3/c1-19-12-10(17-11(18-12)13(21)22)6-20(14(19)23)5-7-2-3-8(15)9(16)4-7/h2-4H,5-6H2,1H3,(H,17,18)(H,21,22). The summed E-state index contributed by atoms with van der Waals surface area (Å²) in [6.45, 7) is 0.121. The Balaban J connectivity index is 1.87. The lowest BCUT2D eigenvalue weighted by Gasteiger charge is -2.32. The molecule has 2 aromatic rings. The van der Waals surface area contributed by atoms with E-state index in [-0.39, 0.29) is 18.9 Å². The fourth-order valence-corrected chi connectivity index (χ4v) is 2.43. The van der Waals surface area contributed by atoms with Crippen molar-refractivity contribution in [1.82, 2.24) is 14.9 Å². The highest BCUT2D eigenvalue weighted by Crippen LogP contribution is 2.26. The van der Waals surface area contributed by atoms with Gasteiger partial charge < -0.3 is 15.0 Å². The highest BCUT2D eigenvalue weighted by atomic mass is 19.2. The largest absolute Gasteiger partial charge is 0.475 e. The molecule has 1 aliphatic heterocycles. The van der Waals surface area contributed by atoms with Crippen molar-refractivity contribution in [2.75, 3.05) is 11.9 Å². The number of benzene rings is 1. The number of fused-ring (bicyclic) bond motifs is 1. The minimum absolute atomic E-state index is 0.0507. The second-order valence-electron chi connectivity index (χ2n) is 5.13. The quantitative estimate of drug-likeness (QED) is 0.904. The summed E-state index contributed by atoms with van der Waals surface area (Å²) in [5, 5.41) is 8.96. The third-order valence-corrected chi connectivity index (χ3v) is 3.55. The number of rotatable bonds is 3. The highest BCUT2D eigenvalue weighted by molar-refractivity contribution is 5.94. The first-order valence-electron chi connectivity index (χ1n) is 6.65. The lowest BCUT2D eigenvalue weighted by molar-refractivity contribution is 0.0684. The molecule has 0 radical (unpaired) electrons. The molecular formula is C14H12F2N4O3. The monoisotopic (exact) mass is 322 g/mol. The van der Waals surface area contributed by atoms with Crippen molar-refractivity contribution in [3.05, 3.63) is 46.9 Å². The van der Waals surface area contributed by atoms with Crippen molar-refractivity contribution in [1.29, 1.82) is 0 Å². The molecule has 1 aromatic heterocycles. The van der Waals surface area contributed by atoms with E-state index in [2.05, 4.69) is 9.97 Å². The summed E-state index contributed by atoms with van der Waals surface area (Å²) in [5.74, 6) is -3.13. The van der Waals surface area contributed by atoms with Crippen LogP contribution in [-0.4, -0.2) is 39.0 Å². The number of carbonyl (C=O) groups excluding carboxylic acids is 1. The van der Waals surface area contributed by atoms with E-state index in [1.54, 1.807) is 0 Å². The molecule has 2 amide bonds. The van der Waals surface area contributed by atoms with Gasteiger partial charge in [-0.1, -0.05) is 6.07 Å². The second-order valence-corrected chi connectivity index (χ2v) is 5.13. The van der Waals surface area contributed by atoms with Crippen LogP contribution < -0.4 is 4.90 Å². The molecule has 0 fully saturated rings. The number of carbonyl (C=O) groups is 2. The number of hydrogen-bond acceptors (Lipinski definition) is 3. The molecule has 0 saturated carbocycles. The molecule has 0 saturated heterocycles. The van der Waals surface area contributed by atoms with Gasteiger partial charge in [-0.05, 0) is 17.7 Å². The van der Waals surface area contributed by atoms with Gasteiger partial charge in [0.25, 0.3) is 0 Å². The Labute approximate surface area is 129 Å². The number of anilines is 1. The molecule has 3 rings (SSSR count). The Morgan fingerprint density at radius 3 is 2.78 bits per heavy atom. The van der Waals surface area contributed by atoms with Crippen LogP contribution in [0.3, 0.4) is 0 Å². The summed E-state index contributed by atoms with van der Waals surface area (Å²) in [4.78, 5) is 32.4. The Morgan fingerprint density at radius 1 is 1.39 bits per heavy atom. The number of urea groups is 1. The minimum atomic E-state index is -1.23. The van der Waals surface area contributed by atoms with Gasteiger partial charge in [0.15, 0.2) is 11.6 Å². The Hall–Kier alpha value is -2.97. The maximum Gasteiger partial charge on any atom is 0.371 e. The van der Waals surface area contributed by atoms with Gasteiger partial charge in [-0.3, -0.25) is 4.90 Å². The molecule has 2 N–H and O–H groups in total. The number of nitrogens with one attached hydrogen (secondary N) is 1. The SMILES string of the molecule is CN1C(=O)N(Cc2ccc(F)c(F)c2)Cc2nc(C(=O)O)[nH]c21. The van der Waals surface area contributed by atoms with E-state index in [0.29, 0.717) is 17.1 Å². The number of carboxylic acids is 1. The van der Waals surface area contributed by atoms with Crippen LogP contribution in [0.4, 0.5) is 19.4 Å². The van der Waals surface area contributed by atoms with Gasteiger partial charge in [-0.2, -0.15) is 0 Å². The molecular weight excluding hydrogens is 310 g/mol. The number of nitrogens with zero attached hydrogens (tertiary/aromatic N) is 3. The molecule has 9 heteroatoms. The van der Waals surface area contributed by atoms with Crippen molar-refractivity contribution >= 4 is 17.8 Å². The van der Waals surface area contributed by atoms with Gasteiger partial charge in [-0.15, -0.1) is 0 Å². The smallest absolute Gasteiger partial charge is 0.371 e. The molecule has 0 bridgehead atoms. The van der Waals surface area contributed by atoms with Crippen molar-refractivity contribution in [2.24, 2.45) is 0 Å². The van der Waals surface area contributed by atoms with Crippen molar-refractivity contribution in [2.45, 2.75) is 13.1 Å². The molecule has 23 heavy (non-hydrogen) atoms. The molecule has 0 atom stereocenters. The fraction of sp³-hybridized carbons (Fsp3) is 0.214. The summed E-state index contributed by atoms with van der Waals surface area (Å²) in [6.07, 6.45) is 0. The normalized spacial score (nSPS) is 14.1. The summed E-state index contributed by atoms with van der Waals surface area (Å²) in [7, 11) is 1.47. The third-order valence-electron chi connectivity index (χ3n) is 3.55. The zero-order valence-electron chi connectivity index (χ0n) is 12.0. The number of imidazole rings is 1. The zero-order valence-corrected chi connectivity index (χ0v) is 12.0. The summed E-state index contributed by atoms with van der Waals surface area (Å²) in [5.41, 5.74) is 0.815. The van der Waals surface area contributed by atoms with Crippen LogP contribution in [0.1, 0.15) is 21.9 Å². The third kappa shape index (κ3) is 2.60. The molecule has 0 aliphatic carbocycles. The van der Waals surface area contributed by atoms with Gasteiger partial charge in [0.2, 0.25) is 5.82 Å². The van der Waals surface area contributed by atoms with Crippen LogP contribution in [0, 0.1) is 11.6 Å². The average molecular weight is 322 g/mol. The molecule has 2 heterocycles. The number of amides is 2. The van der Waals surface area contributed by atoms with E-state index < -0.39 is 23.6 Å². The Morgan fingerprint density at radius 2 is 2.13 bits per heavy atom. The van der Waals surface area contributed by atoms with Crippen LogP contribution in [0.5, 0.6) is 0 Å². The lowest BCUT2D eigenvalue weighted by Crippen LogP contribution is -2.44. The molecule has 1 aromatic carbocycles. The fourth-order valence-electron chi connectivity index (χ4n) is 2.43. The number of aromatic carboxylic acids is 1. The average Bonchev–Trinajstić information content (AvgIpc) is 2.93. The molecule has 1 aliphatic rings. The van der Waals surface area contributed by atoms with Gasteiger partial charge in [-0.25, -0.2) is 23.4 Å². The summed E-state index contributed by atoms with van der Waals surface area (Å²) in [6, 6.07) is 2.99. The summed E-state index contributed by atoms with van der Waals surface area (Å²) >= 11 is 0. The van der Waals surface area contributed by atoms with Crippen LogP contribution in [0.15, 0.2) is 18.2 Å². The van der Waals surface area contributed by atoms with E-state index in [4.69, 9.17) is 5.11 Å². The number of aromatic amines is 1. The maximum absolute atomic E-state index is 13.3. The van der Waals surface area contributed by atoms with E-state index in [0.717, 1.165) is 12.1 Å². The van der Waals surface area contributed by atoms with Gasteiger partial charge in [0.05, 0.1) is 6.54 Å². The van der Waals surface area contributed by atoms with E-state index in [1.807, 2.05) is 0 Å². The number of carboxylic acid groups (broad SMARTS) is 1. The van der Waals surface area contributed by atoms with Crippen LogP contribution in [-0.2, 0) is 13.1 Å². The Bertz CT molecular complexity index is 805. The van der Waals surface area contributed by atoms with E-state index in [1.165, 1.54) is 22.9 Å². The predicted molar refractivity (Wildman–Crippen MR) is 75.0 cm³/mol. The van der Waals surface area contributed by atoms with Crippen molar-refractivity contribution < 1.29 is 23.5 Å². The summed E-state index contributed by atoms with van der Waals surface area (Å²) < 4.78 is 26.2. The van der Waals surface area contributed by atoms with Crippen molar-refractivity contribution in [3.63, 3.8) is 0 Å².